The van der Waals surface area contributed by atoms with Gasteiger partial charge in [0.1, 0.15) is 33.0 Å². The third-order valence-corrected chi connectivity index (χ3v) is 9.78. The Bertz CT molecular complexity index is 1510. The number of aromatic nitrogens is 2. The Morgan fingerprint density at radius 3 is 2.52 bits per heavy atom. The van der Waals surface area contributed by atoms with Gasteiger partial charge >= 0.3 is 0 Å². The topological polar surface area (TPSA) is 142 Å². The summed E-state index contributed by atoms with van der Waals surface area (Å²) in [5.74, 6) is -2.74. The van der Waals surface area contributed by atoms with Crippen LogP contribution < -0.4 is 16.0 Å². The molecular formula is C25H27F2N7O4S2. The van der Waals surface area contributed by atoms with Gasteiger partial charge in [-0.25, -0.2) is 27.2 Å². The van der Waals surface area contributed by atoms with Gasteiger partial charge in [-0.15, -0.1) is 0 Å². The van der Waals surface area contributed by atoms with Gasteiger partial charge in [-0.05, 0) is 37.1 Å². The predicted molar refractivity (Wildman–Crippen MR) is 146 cm³/mol. The van der Waals surface area contributed by atoms with E-state index in [0.29, 0.717) is 51.4 Å². The zero-order valence-corrected chi connectivity index (χ0v) is 22.9. The Balaban J connectivity index is 1.32. The summed E-state index contributed by atoms with van der Waals surface area (Å²) in [6.45, 7) is 2.31. The number of halogens is 2. The van der Waals surface area contributed by atoms with Crippen molar-refractivity contribution in [2.75, 3.05) is 55.2 Å². The minimum atomic E-state index is -3.92. The van der Waals surface area contributed by atoms with Crippen molar-refractivity contribution >= 4 is 50.3 Å². The molecule has 0 spiro atoms. The Kier molecular flexibility index (Phi) is 7.96. The molecule has 5 rings (SSSR count). The van der Waals surface area contributed by atoms with Crippen LogP contribution in [0.2, 0.25) is 0 Å². The van der Waals surface area contributed by atoms with Crippen molar-refractivity contribution in [3.8, 4) is 0 Å². The molecule has 3 N–H and O–H groups in total. The Hall–Kier alpha value is -3.69. The maximum Gasteiger partial charge on any atom is 0.246 e. The molecule has 2 aromatic heterocycles. The largest absolute Gasteiger partial charge is 0.382 e. The zero-order chi connectivity index (χ0) is 28.4. The number of nitrogen functional groups attached to an aromatic ring is 1. The number of nitrogens with two attached hydrogens (primary N) is 1. The minimum Gasteiger partial charge on any atom is -0.382 e. The van der Waals surface area contributed by atoms with E-state index in [-0.39, 0.29) is 33.3 Å². The highest BCUT2D eigenvalue weighted by Crippen LogP contribution is 2.32. The number of benzene rings is 1. The number of hydrogen-bond acceptors (Lipinski definition) is 10. The summed E-state index contributed by atoms with van der Waals surface area (Å²) >= 11 is 0.858. The van der Waals surface area contributed by atoms with E-state index >= 15 is 0 Å². The van der Waals surface area contributed by atoms with E-state index in [1.54, 1.807) is 17.2 Å². The second-order valence-corrected chi connectivity index (χ2v) is 12.4. The fourth-order valence-electron chi connectivity index (χ4n) is 4.84. The predicted octanol–water partition coefficient (Wildman–Crippen LogP) is 2.17. The summed E-state index contributed by atoms with van der Waals surface area (Å²) in [5, 5.41) is 3.38. The van der Waals surface area contributed by atoms with E-state index in [0.717, 1.165) is 35.9 Å². The maximum atomic E-state index is 14.2. The summed E-state index contributed by atoms with van der Waals surface area (Å²) in [4.78, 5) is 35.9. The summed E-state index contributed by atoms with van der Waals surface area (Å²) in [7, 11) is -3.92. The molecule has 3 aromatic rings. The molecule has 1 atom stereocenters. The fourth-order valence-corrected chi connectivity index (χ4v) is 7.43. The lowest BCUT2D eigenvalue weighted by Crippen LogP contribution is -2.48. The van der Waals surface area contributed by atoms with Crippen LogP contribution in [0.3, 0.4) is 0 Å². The second-order valence-electron chi connectivity index (χ2n) is 9.46. The monoisotopic (exact) mass is 591 g/mol. The first-order valence-electron chi connectivity index (χ1n) is 12.6. The minimum absolute atomic E-state index is 0.0912. The lowest BCUT2D eigenvalue weighted by atomic mass is 10.1. The highest BCUT2D eigenvalue weighted by atomic mass is 32.2. The molecule has 2 saturated heterocycles. The van der Waals surface area contributed by atoms with Crippen LogP contribution in [-0.4, -0.2) is 85.1 Å². The summed E-state index contributed by atoms with van der Waals surface area (Å²) in [6, 6.07) is 5.90. The van der Waals surface area contributed by atoms with Crippen LogP contribution in [0.5, 0.6) is 0 Å². The molecule has 1 amide bonds. The number of anilines is 3. The number of amides is 1. The van der Waals surface area contributed by atoms with Crippen LogP contribution in [0.4, 0.5) is 25.5 Å². The number of carbonyl (C=O) groups excluding carboxylic acids is 2. The molecule has 40 heavy (non-hydrogen) atoms. The molecule has 2 fully saturated rings. The molecule has 2 aliphatic rings. The number of ketones is 1. The number of rotatable bonds is 8. The number of hydrogen-bond donors (Lipinski definition) is 2. The second kappa shape index (κ2) is 11.4. The van der Waals surface area contributed by atoms with E-state index in [1.165, 1.54) is 10.4 Å². The first kappa shape index (κ1) is 27.9. The summed E-state index contributed by atoms with van der Waals surface area (Å²) in [5.41, 5.74) is 5.21. The summed E-state index contributed by atoms with van der Waals surface area (Å²) < 4.78 is 57.2. The van der Waals surface area contributed by atoms with E-state index in [2.05, 4.69) is 15.3 Å². The lowest BCUT2D eigenvalue weighted by Gasteiger charge is -2.36. The van der Waals surface area contributed by atoms with E-state index in [4.69, 9.17) is 5.73 Å². The number of nitrogens with zero attached hydrogens (tertiary/aromatic N) is 5. The molecule has 4 heterocycles. The molecular weight excluding hydrogens is 564 g/mol. The van der Waals surface area contributed by atoms with Crippen LogP contribution >= 0.6 is 11.3 Å². The molecule has 11 nitrogen and oxygen atoms in total. The number of sulfonamides is 1. The quantitative estimate of drug-likeness (QED) is 0.298. The Morgan fingerprint density at radius 2 is 1.82 bits per heavy atom. The number of thiazole rings is 1. The number of piperidine rings is 1. The Morgan fingerprint density at radius 1 is 1.10 bits per heavy atom. The van der Waals surface area contributed by atoms with Gasteiger partial charge in [0.25, 0.3) is 0 Å². The normalized spacial score (nSPS) is 18.5. The molecule has 15 heteroatoms. The zero-order valence-electron chi connectivity index (χ0n) is 21.3. The standard InChI is InChI=1S/C25H27F2N7O4S2/c26-17-5-1-6-18(27)20(17)21(36)22-23(28)31-25(39-22)30-16-4-3-9-34(14-16)40(37,38)19-7-2-8-29-24(19)33-12-10-32(15-35)11-13-33/h1-2,5-8,15-16H,3-4,9-14,28H2,(H,30,31). The van der Waals surface area contributed by atoms with Gasteiger partial charge in [0, 0.05) is 51.5 Å². The number of carbonyl (C=O) groups is 2. The maximum absolute atomic E-state index is 14.2. The van der Waals surface area contributed by atoms with Crippen molar-refractivity contribution in [3.05, 3.63) is 58.6 Å². The fraction of sp³-hybridized carbons (Fsp3) is 0.360. The van der Waals surface area contributed by atoms with Crippen molar-refractivity contribution < 1.29 is 26.8 Å². The molecule has 1 unspecified atom stereocenters. The van der Waals surface area contributed by atoms with Gasteiger partial charge in [0.2, 0.25) is 22.2 Å². The van der Waals surface area contributed by atoms with Crippen LogP contribution in [0.15, 0.2) is 41.4 Å². The van der Waals surface area contributed by atoms with Gasteiger partial charge in [-0.2, -0.15) is 4.31 Å². The first-order valence-corrected chi connectivity index (χ1v) is 14.9. The number of piperazine rings is 1. The van der Waals surface area contributed by atoms with Gasteiger partial charge in [0.15, 0.2) is 5.13 Å². The van der Waals surface area contributed by atoms with E-state index in [9.17, 15) is 26.8 Å². The molecule has 0 saturated carbocycles. The van der Waals surface area contributed by atoms with Crippen molar-refractivity contribution in [2.24, 2.45) is 0 Å². The van der Waals surface area contributed by atoms with Gasteiger partial charge < -0.3 is 20.9 Å². The number of pyridine rings is 1. The van der Waals surface area contributed by atoms with E-state index in [1.807, 2.05) is 4.90 Å². The van der Waals surface area contributed by atoms with Gasteiger partial charge in [-0.1, -0.05) is 17.4 Å². The average Bonchev–Trinajstić information content (AvgIpc) is 3.32. The number of nitrogens with one attached hydrogen (secondary N) is 1. The van der Waals surface area contributed by atoms with Crippen molar-refractivity contribution in [3.63, 3.8) is 0 Å². The molecule has 0 aliphatic carbocycles. The van der Waals surface area contributed by atoms with Crippen LogP contribution in [0.1, 0.15) is 28.1 Å². The van der Waals surface area contributed by atoms with E-state index < -0.39 is 33.0 Å². The molecule has 212 valence electrons. The van der Waals surface area contributed by atoms with Crippen molar-refractivity contribution in [1.29, 1.82) is 0 Å². The highest BCUT2D eigenvalue weighted by Gasteiger charge is 2.34. The third kappa shape index (κ3) is 5.48. The third-order valence-electron chi connectivity index (χ3n) is 6.89. The van der Waals surface area contributed by atoms with Crippen molar-refractivity contribution in [1.82, 2.24) is 19.2 Å². The highest BCUT2D eigenvalue weighted by molar-refractivity contribution is 7.89. The SMILES string of the molecule is Nc1nc(NC2CCCN(S(=O)(=O)c3cccnc3N3CCN(C=O)CC3)C2)sc1C(=O)c1c(F)cccc1F. The smallest absolute Gasteiger partial charge is 0.246 e. The van der Waals surface area contributed by atoms with Crippen LogP contribution in [0, 0.1) is 11.6 Å². The van der Waals surface area contributed by atoms with Gasteiger partial charge in [0.05, 0.1) is 5.56 Å². The molecule has 0 bridgehead atoms. The Labute approximate surface area is 233 Å². The lowest BCUT2D eigenvalue weighted by molar-refractivity contribution is -0.118. The first-order chi connectivity index (χ1) is 19.2. The molecule has 1 aromatic carbocycles. The molecule has 2 aliphatic heterocycles. The van der Waals surface area contributed by atoms with Crippen LogP contribution in [0.25, 0.3) is 0 Å². The van der Waals surface area contributed by atoms with Crippen LogP contribution in [-0.2, 0) is 14.8 Å². The van der Waals surface area contributed by atoms with Gasteiger partial charge in [-0.3, -0.25) is 9.59 Å². The summed E-state index contributed by atoms with van der Waals surface area (Å²) in [6.07, 6.45) is 3.52. The van der Waals surface area contributed by atoms with Crippen molar-refractivity contribution in [2.45, 2.75) is 23.8 Å². The molecule has 0 radical (unpaired) electrons. The average molecular weight is 592 g/mol.